The Morgan fingerprint density at radius 3 is 2.42 bits per heavy atom. The number of carbonyl (C=O) groups is 2. The smallest absolute Gasteiger partial charge is 0.282 e. The van der Waals surface area contributed by atoms with Gasteiger partial charge >= 0.3 is 0 Å². The first-order valence-electron chi connectivity index (χ1n) is 7.50. The van der Waals surface area contributed by atoms with E-state index in [1.807, 2.05) is 0 Å². The molecule has 8 nitrogen and oxygen atoms in total. The third-order valence-electron chi connectivity index (χ3n) is 3.37. The fraction of sp³-hybridized carbons (Fsp3) is 0.429. The maximum absolute atomic E-state index is 12.9. The molecule has 0 atom stereocenters. The molecule has 0 aromatic carbocycles. The number of alkyl halides is 4. The summed E-state index contributed by atoms with van der Waals surface area (Å²) in [6.45, 7) is 1.46. The maximum atomic E-state index is 12.9. The number of hydrogen-bond acceptors (Lipinski definition) is 4. The van der Waals surface area contributed by atoms with E-state index >= 15 is 0 Å². The van der Waals surface area contributed by atoms with Crippen LogP contribution < -0.4 is 10.6 Å². The van der Waals surface area contributed by atoms with E-state index in [2.05, 4.69) is 20.8 Å². The number of hydrogen-bond donors (Lipinski definition) is 2. The molecule has 2 aromatic heterocycles. The monoisotopic (exact) mass is 376 g/mol. The number of aryl methyl sites for hydroxylation is 1. The zero-order valence-corrected chi connectivity index (χ0v) is 13.8. The highest BCUT2D eigenvalue weighted by Crippen LogP contribution is 2.25. The van der Waals surface area contributed by atoms with Gasteiger partial charge in [-0.25, -0.2) is 17.6 Å². The second-order valence-electron chi connectivity index (χ2n) is 5.13. The Morgan fingerprint density at radius 2 is 1.88 bits per heavy atom. The van der Waals surface area contributed by atoms with Gasteiger partial charge in [0.1, 0.15) is 17.9 Å². The summed E-state index contributed by atoms with van der Waals surface area (Å²) in [5, 5.41) is 12.0. The molecule has 26 heavy (non-hydrogen) atoms. The molecule has 2 rings (SSSR count). The molecule has 0 radical (unpaired) electrons. The van der Waals surface area contributed by atoms with Crippen molar-refractivity contribution in [3.8, 4) is 0 Å². The minimum absolute atomic E-state index is 0.0643. The fourth-order valence-electron chi connectivity index (χ4n) is 2.15. The number of anilines is 1. The molecule has 0 aliphatic heterocycles. The van der Waals surface area contributed by atoms with E-state index in [-0.39, 0.29) is 11.4 Å². The predicted octanol–water partition coefficient (Wildman–Crippen LogP) is 1.97. The Hall–Kier alpha value is -2.92. The second-order valence-corrected chi connectivity index (χ2v) is 5.13. The largest absolute Gasteiger partial charge is 0.354 e. The molecule has 142 valence electrons. The van der Waals surface area contributed by atoms with Crippen LogP contribution in [0, 0.1) is 0 Å². The van der Waals surface area contributed by atoms with Gasteiger partial charge in [0.25, 0.3) is 18.8 Å². The van der Waals surface area contributed by atoms with Gasteiger partial charge in [0, 0.05) is 19.8 Å². The van der Waals surface area contributed by atoms with E-state index in [1.165, 1.54) is 17.9 Å². The summed E-state index contributed by atoms with van der Waals surface area (Å²) in [6, 6.07) is 0.549. The van der Waals surface area contributed by atoms with Crippen LogP contribution in [0.3, 0.4) is 0 Å². The highest BCUT2D eigenvalue weighted by Gasteiger charge is 2.23. The van der Waals surface area contributed by atoms with Gasteiger partial charge in [0.05, 0.1) is 5.69 Å². The van der Waals surface area contributed by atoms with Crippen molar-refractivity contribution in [3.05, 3.63) is 29.3 Å². The molecule has 2 amide bonds. The zero-order chi connectivity index (χ0) is 19.4. The molecule has 0 fully saturated rings. The Morgan fingerprint density at radius 1 is 1.19 bits per heavy atom. The standard InChI is InChI=1S/C14H16F4N6O2/c1-3-23-5-8(11(22-23)14(26)19-2)20-10(25)6-24-9(13(17)18)4-7(21-24)12(15)16/h4-5,12-13H,3,6H2,1-2H3,(H,19,26)(H,20,25). The number of aromatic nitrogens is 4. The summed E-state index contributed by atoms with van der Waals surface area (Å²) in [5.41, 5.74) is -1.65. The molecule has 2 aromatic rings. The highest BCUT2D eigenvalue weighted by molar-refractivity contribution is 6.02. The first kappa shape index (κ1) is 19.4. The lowest BCUT2D eigenvalue weighted by molar-refractivity contribution is -0.117. The highest BCUT2D eigenvalue weighted by atomic mass is 19.3. The van der Waals surface area contributed by atoms with Crippen LogP contribution in [0.1, 0.15) is 41.7 Å². The quantitative estimate of drug-likeness (QED) is 0.723. The Kier molecular flexibility index (Phi) is 5.95. The van der Waals surface area contributed by atoms with Gasteiger partial charge in [0.15, 0.2) is 5.69 Å². The van der Waals surface area contributed by atoms with Crippen molar-refractivity contribution in [2.45, 2.75) is 32.9 Å². The molecule has 0 aliphatic carbocycles. The van der Waals surface area contributed by atoms with Crippen molar-refractivity contribution in [3.63, 3.8) is 0 Å². The number of nitrogens with one attached hydrogen (secondary N) is 2. The van der Waals surface area contributed by atoms with E-state index in [0.29, 0.717) is 17.3 Å². The Bertz CT molecular complexity index is 801. The van der Waals surface area contributed by atoms with Crippen LogP contribution in [0.5, 0.6) is 0 Å². The Balaban J connectivity index is 2.22. The summed E-state index contributed by atoms with van der Waals surface area (Å²) in [5.74, 6) is -1.38. The molecular weight excluding hydrogens is 360 g/mol. The molecule has 0 unspecified atom stereocenters. The van der Waals surface area contributed by atoms with Gasteiger partial charge in [-0.05, 0) is 13.0 Å². The van der Waals surface area contributed by atoms with Gasteiger partial charge in [-0.2, -0.15) is 10.2 Å². The second kappa shape index (κ2) is 7.97. The molecule has 2 heterocycles. The van der Waals surface area contributed by atoms with Crippen LogP contribution >= 0.6 is 0 Å². The van der Waals surface area contributed by atoms with Crippen molar-refractivity contribution in [2.24, 2.45) is 0 Å². The van der Waals surface area contributed by atoms with Gasteiger partial charge in [-0.3, -0.25) is 19.0 Å². The maximum Gasteiger partial charge on any atom is 0.282 e. The van der Waals surface area contributed by atoms with E-state index in [0.717, 1.165) is 0 Å². The SMILES string of the molecule is CCn1cc(NC(=O)Cn2nc(C(F)F)cc2C(F)F)c(C(=O)NC)n1. The molecule has 12 heteroatoms. The van der Waals surface area contributed by atoms with E-state index in [9.17, 15) is 27.2 Å². The summed E-state index contributed by atoms with van der Waals surface area (Å²) in [6.07, 6.45) is -4.73. The normalized spacial score (nSPS) is 11.2. The first-order chi connectivity index (χ1) is 12.3. The van der Waals surface area contributed by atoms with Crippen molar-refractivity contribution < 1.29 is 27.2 Å². The number of carbonyl (C=O) groups excluding carboxylic acids is 2. The van der Waals surface area contributed by atoms with Gasteiger partial charge in [-0.1, -0.05) is 0 Å². The van der Waals surface area contributed by atoms with Gasteiger partial charge in [0.2, 0.25) is 5.91 Å². The van der Waals surface area contributed by atoms with Gasteiger partial charge in [-0.15, -0.1) is 0 Å². The fourth-order valence-corrected chi connectivity index (χ4v) is 2.15. The van der Waals surface area contributed by atoms with E-state index < -0.39 is 42.6 Å². The number of rotatable bonds is 7. The van der Waals surface area contributed by atoms with Crippen LogP contribution in [0.2, 0.25) is 0 Å². The average Bonchev–Trinajstić information content (AvgIpc) is 3.18. The molecule has 0 aliphatic rings. The van der Waals surface area contributed by atoms with Crippen LogP contribution in [0.25, 0.3) is 0 Å². The average molecular weight is 376 g/mol. The van der Waals surface area contributed by atoms with Crippen molar-refractivity contribution in [1.82, 2.24) is 24.9 Å². The minimum atomic E-state index is -3.08. The number of amides is 2. The lowest BCUT2D eigenvalue weighted by Crippen LogP contribution is -2.24. The van der Waals surface area contributed by atoms with Crippen LogP contribution in [-0.4, -0.2) is 38.4 Å². The zero-order valence-electron chi connectivity index (χ0n) is 13.8. The molecule has 0 saturated carbocycles. The first-order valence-corrected chi connectivity index (χ1v) is 7.50. The Labute approximate surface area is 145 Å². The molecule has 2 N–H and O–H groups in total. The predicted molar refractivity (Wildman–Crippen MR) is 82.1 cm³/mol. The van der Waals surface area contributed by atoms with Crippen LogP contribution in [0.15, 0.2) is 12.3 Å². The summed E-state index contributed by atoms with van der Waals surface area (Å²) < 4.78 is 53.1. The number of nitrogens with zero attached hydrogens (tertiary/aromatic N) is 4. The third-order valence-corrected chi connectivity index (χ3v) is 3.37. The van der Waals surface area contributed by atoms with Crippen molar-refractivity contribution >= 4 is 17.5 Å². The lowest BCUT2D eigenvalue weighted by atomic mass is 10.3. The van der Waals surface area contributed by atoms with Gasteiger partial charge < -0.3 is 10.6 Å². The topological polar surface area (TPSA) is 93.8 Å². The van der Waals surface area contributed by atoms with Crippen molar-refractivity contribution in [1.29, 1.82) is 0 Å². The lowest BCUT2D eigenvalue weighted by Gasteiger charge is -2.07. The third kappa shape index (κ3) is 4.18. The number of halogens is 4. The van der Waals surface area contributed by atoms with E-state index in [4.69, 9.17) is 0 Å². The molecule has 0 bridgehead atoms. The summed E-state index contributed by atoms with van der Waals surface area (Å²) >= 11 is 0. The van der Waals surface area contributed by atoms with E-state index in [1.54, 1.807) is 6.92 Å². The molecule has 0 spiro atoms. The van der Waals surface area contributed by atoms with Crippen molar-refractivity contribution in [2.75, 3.05) is 12.4 Å². The molecular formula is C14H16F4N6O2. The van der Waals surface area contributed by atoms with Crippen LogP contribution in [0.4, 0.5) is 23.2 Å². The summed E-state index contributed by atoms with van der Waals surface area (Å²) in [7, 11) is 1.38. The van der Waals surface area contributed by atoms with Crippen LogP contribution in [-0.2, 0) is 17.9 Å². The summed E-state index contributed by atoms with van der Waals surface area (Å²) in [4.78, 5) is 23.9. The minimum Gasteiger partial charge on any atom is -0.354 e. The molecule has 0 saturated heterocycles.